The summed E-state index contributed by atoms with van der Waals surface area (Å²) < 4.78 is 0. The highest BCUT2D eigenvalue weighted by molar-refractivity contribution is 5.86. The lowest BCUT2D eigenvalue weighted by Gasteiger charge is -2.28. The third-order valence-corrected chi connectivity index (χ3v) is 4.81. The maximum Gasteiger partial charge on any atom is 0.242 e. The lowest BCUT2D eigenvalue weighted by molar-refractivity contribution is -0.136. The number of aliphatic hydroxyl groups excluding tert-OH is 1. The van der Waals surface area contributed by atoms with Crippen LogP contribution in [-0.4, -0.2) is 45.6 Å². The average Bonchev–Trinajstić information content (AvgIpc) is 3.07. The average molecular weight is 289 g/mol. The number of nitrogens with two attached hydrogens (primary N) is 1. The summed E-state index contributed by atoms with van der Waals surface area (Å²) in [6.07, 6.45) is 5.55. The van der Waals surface area contributed by atoms with Gasteiger partial charge < -0.3 is 15.7 Å². The molecule has 1 aromatic rings. The van der Waals surface area contributed by atoms with Crippen LogP contribution in [-0.2, 0) is 11.2 Å². The summed E-state index contributed by atoms with van der Waals surface area (Å²) in [5, 5.41) is 10.2. The van der Waals surface area contributed by atoms with Crippen molar-refractivity contribution < 1.29 is 9.90 Å². The maximum absolute atomic E-state index is 12.6. The van der Waals surface area contributed by atoms with Crippen molar-refractivity contribution in [2.75, 3.05) is 13.1 Å². The van der Waals surface area contributed by atoms with Crippen LogP contribution in [0.4, 0.5) is 0 Å². The number of rotatable bonds is 3. The molecule has 2 heterocycles. The zero-order valence-corrected chi connectivity index (χ0v) is 12.2. The van der Waals surface area contributed by atoms with Crippen molar-refractivity contribution in [1.29, 1.82) is 0 Å². The highest BCUT2D eigenvalue weighted by Gasteiger charge is 2.44. The number of pyridine rings is 1. The van der Waals surface area contributed by atoms with Crippen LogP contribution in [0.5, 0.6) is 0 Å². The Morgan fingerprint density at radius 1 is 1.38 bits per heavy atom. The summed E-state index contributed by atoms with van der Waals surface area (Å²) >= 11 is 0. The molecule has 21 heavy (non-hydrogen) atoms. The molecule has 3 N–H and O–H groups in total. The Bertz CT molecular complexity index is 500. The summed E-state index contributed by atoms with van der Waals surface area (Å²) in [7, 11) is 0. The molecule has 0 bridgehead atoms. The second kappa shape index (κ2) is 5.73. The van der Waals surface area contributed by atoms with E-state index in [9.17, 15) is 9.90 Å². The summed E-state index contributed by atoms with van der Waals surface area (Å²) in [4.78, 5) is 18.6. The summed E-state index contributed by atoms with van der Waals surface area (Å²) in [5.41, 5.74) is 6.50. The Morgan fingerprint density at radius 3 is 2.81 bits per heavy atom. The molecule has 5 heteroatoms. The van der Waals surface area contributed by atoms with Crippen LogP contribution in [0.3, 0.4) is 0 Å². The number of nitrogens with zero attached hydrogens (tertiary/aromatic N) is 2. The van der Waals surface area contributed by atoms with E-state index < -0.39 is 11.6 Å². The van der Waals surface area contributed by atoms with Crippen molar-refractivity contribution in [2.45, 2.75) is 43.7 Å². The molecule has 1 amide bonds. The van der Waals surface area contributed by atoms with Crippen LogP contribution in [0.15, 0.2) is 24.4 Å². The van der Waals surface area contributed by atoms with E-state index in [1.165, 1.54) is 0 Å². The van der Waals surface area contributed by atoms with Crippen molar-refractivity contribution in [1.82, 2.24) is 9.88 Å². The highest BCUT2D eigenvalue weighted by atomic mass is 16.3. The first-order valence-electron chi connectivity index (χ1n) is 7.75. The fourth-order valence-electron chi connectivity index (χ4n) is 3.54. The second-order valence-corrected chi connectivity index (χ2v) is 6.43. The van der Waals surface area contributed by atoms with E-state index in [1.807, 2.05) is 18.2 Å². The first-order valence-corrected chi connectivity index (χ1v) is 7.75. The van der Waals surface area contributed by atoms with Crippen molar-refractivity contribution in [3.63, 3.8) is 0 Å². The number of amides is 1. The molecule has 0 spiro atoms. The minimum Gasteiger partial charge on any atom is -0.391 e. The standard InChI is InChI=1S/C16H23N3O2/c17-16(6-2-3-7-16)15(21)19-10-12(14(20)11-19)9-13-5-1-4-8-18-13/h1,4-5,8,12,14,20H,2-3,6-7,9-11,17H2/t12-,14-/m1/s1. The predicted octanol–water partition coefficient (Wildman–Crippen LogP) is 0.715. The molecular weight excluding hydrogens is 266 g/mol. The Balaban J connectivity index is 1.64. The van der Waals surface area contributed by atoms with Crippen LogP contribution in [0.25, 0.3) is 0 Å². The number of aliphatic hydroxyl groups is 1. The zero-order valence-electron chi connectivity index (χ0n) is 12.2. The lowest BCUT2D eigenvalue weighted by atomic mass is 9.97. The molecule has 1 aliphatic carbocycles. The van der Waals surface area contributed by atoms with Gasteiger partial charge in [0.2, 0.25) is 5.91 Å². The monoisotopic (exact) mass is 289 g/mol. The van der Waals surface area contributed by atoms with E-state index in [2.05, 4.69) is 4.98 Å². The number of carbonyl (C=O) groups is 1. The molecule has 1 aromatic heterocycles. The fourth-order valence-corrected chi connectivity index (χ4v) is 3.54. The topological polar surface area (TPSA) is 79.5 Å². The van der Waals surface area contributed by atoms with Gasteiger partial charge in [-0.05, 0) is 31.4 Å². The van der Waals surface area contributed by atoms with Crippen molar-refractivity contribution >= 4 is 5.91 Å². The van der Waals surface area contributed by atoms with Gasteiger partial charge in [0.05, 0.1) is 11.6 Å². The Labute approximate surface area is 125 Å². The van der Waals surface area contributed by atoms with Gasteiger partial charge in [-0.25, -0.2) is 0 Å². The second-order valence-electron chi connectivity index (χ2n) is 6.43. The van der Waals surface area contributed by atoms with Crippen molar-refractivity contribution in [3.8, 4) is 0 Å². The highest BCUT2D eigenvalue weighted by Crippen LogP contribution is 2.31. The zero-order chi connectivity index (χ0) is 14.9. The maximum atomic E-state index is 12.6. The summed E-state index contributed by atoms with van der Waals surface area (Å²) in [6.45, 7) is 0.977. The number of hydrogen-bond donors (Lipinski definition) is 2. The van der Waals surface area contributed by atoms with E-state index in [4.69, 9.17) is 5.73 Å². The van der Waals surface area contributed by atoms with Gasteiger partial charge in [0, 0.05) is 30.9 Å². The number of aromatic nitrogens is 1. The van der Waals surface area contributed by atoms with Crippen molar-refractivity contribution in [3.05, 3.63) is 30.1 Å². The fraction of sp³-hybridized carbons (Fsp3) is 0.625. The molecule has 2 atom stereocenters. The third kappa shape index (κ3) is 2.94. The number of hydrogen-bond acceptors (Lipinski definition) is 4. The smallest absolute Gasteiger partial charge is 0.242 e. The molecular formula is C16H23N3O2. The normalized spacial score (nSPS) is 28.0. The van der Waals surface area contributed by atoms with Crippen LogP contribution in [0.2, 0.25) is 0 Å². The quantitative estimate of drug-likeness (QED) is 0.859. The largest absolute Gasteiger partial charge is 0.391 e. The van der Waals surface area contributed by atoms with Crippen LogP contribution >= 0.6 is 0 Å². The number of likely N-dealkylation sites (tertiary alicyclic amines) is 1. The van der Waals surface area contributed by atoms with E-state index in [-0.39, 0.29) is 11.8 Å². The third-order valence-electron chi connectivity index (χ3n) is 4.81. The molecule has 0 radical (unpaired) electrons. The number of carbonyl (C=O) groups excluding carboxylic acids is 1. The van der Waals surface area contributed by atoms with Crippen LogP contribution < -0.4 is 5.73 Å². The predicted molar refractivity (Wildman–Crippen MR) is 79.4 cm³/mol. The van der Waals surface area contributed by atoms with Gasteiger partial charge in [-0.3, -0.25) is 9.78 Å². The van der Waals surface area contributed by atoms with Gasteiger partial charge >= 0.3 is 0 Å². The van der Waals surface area contributed by atoms with E-state index in [0.717, 1.165) is 31.4 Å². The molecule has 1 saturated carbocycles. The van der Waals surface area contributed by atoms with Crippen LogP contribution in [0.1, 0.15) is 31.4 Å². The molecule has 2 fully saturated rings. The molecule has 0 aromatic carbocycles. The minimum absolute atomic E-state index is 0.0163. The lowest BCUT2D eigenvalue weighted by Crippen LogP contribution is -2.53. The molecule has 2 aliphatic rings. The summed E-state index contributed by atoms with van der Waals surface area (Å²) in [5.74, 6) is 0.0661. The number of β-amino-alcohol motifs (C(OH)–C–C–N with tert-alkyl or cyclic N) is 1. The van der Waals surface area contributed by atoms with Gasteiger partial charge in [0.25, 0.3) is 0 Å². The van der Waals surface area contributed by atoms with Gasteiger partial charge in [-0.1, -0.05) is 18.9 Å². The van der Waals surface area contributed by atoms with Gasteiger partial charge in [-0.15, -0.1) is 0 Å². The molecule has 3 rings (SSSR count). The Hall–Kier alpha value is -1.46. The van der Waals surface area contributed by atoms with Crippen molar-refractivity contribution in [2.24, 2.45) is 11.7 Å². The molecule has 5 nitrogen and oxygen atoms in total. The van der Waals surface area contributed by atoms with Gasteiger partial charge in [0.1, 0.15) is 0 Å². The van der Waals surface area contributed by atoms with Crippen LogP contribution in [0, 0.1) is 5.92 Å². The minimum atomic E-state index is -0.695. The van der Waals surface area contributed by atoms with E-state index in [1.54, 1.807) is 11.1 Å². The van der Waals surface area contributed by atoms with E-state index in [0.29, 0.717) is 19.5 Å². The van der Waals surface area contributed by atoms with Gasteiger partial charge in [0.15, 0.2) is 0 Å². The van der Waals surface area contributed by atoms with Gasteiger partial charge in [-0.2, -0.15) is 0 Å². The Kier molecular flexibility index (Phi) is 3.95. The first-order chi connectivity index (χ1) is 10.1. The Morgan fingerprint density at radius 2 is 2.14 bits per heavy atom. The summed E-state index contributed by atoms with van der Waals surface area (Å²) in [6, 6.07) is 5.78. The molecule has 1 aliphatic heterocycles. The van der Waals surface area contributed by atoms with E-state index >= 15 is 0 Å². The molecule has 0 unspecified atom stereocenters. The molecule has 114 valence electrons. The SMILES string of the molecule is NC1(C(=O)N2C[C@@H](Cc3ccccn3)[C@H](O)C2)CCCC1. The first kappa shape index (κ1) is 14.5. The molecule has 1 saturated heterocycles.